The lowest BCUT2D eigenvalue weighted by molar-refractivity contribution is -0.138. The number of benzene rings is 1. The van der Waals surface area contributed by atoms with Gasteiger partial charge in [0.25, 0.3) is 0 Å². The minimum Gasteiger partial charge on any atom is -0.491 e. The summed E-state index contributed by atoms with van der Waals surface area (Å²) >= 11 is 0. The van der Waals surface area contributed by atoms with E-state index in [-0.39, 0.29) is 22.9 Å². The summed E-state index contributed by atoms with van der Waals surface area (Å²) < 4.78 is 19.2. The normalized spacial score (nSPS) is 16.1. The third-order valence-corrected chi connectivity index (χ3v) is 4.99. The van der Waals surface area contributed by atoms with Crippen LogP contribution < -0.4 is 15.4 Å². The van der Waals surface area contributed by atoms with E-state index in [0.717, 1.165) is 31.2 Å². The highest BCUT2D eigenvalue weighted by molar-refractivity contribution is 5.85. The maximum absolute atomic E-state index is 14.0. The van der Waals surface area contributed by atoms with Crippen molar-refractivity contribution in [2.24, 2.45) is 10.4 Å². The quantitative estimate of drug-likeness (QED) is 0.565. The summed E-state index contributed by atoms with van der Waals surface area (Å²) in [5.41, 5.74) is 0.422. The van der Waals surface area contributed by atoms with Crippen molar-refractivity contribution in [1.82, 2.24) is 15.5 Å². The first-order chi connectivity index (χ1) is 12.9. The Balaban J connectivity index is 1.94. The molecule has 2 N–H and O–H groups in total. The van der Waals surface area contributed by atoms with E-state index in [1.807, 2.05) is 13.0 Å². The molecule has 0 aromatic heterocycles. The van der Waals surface area contributed by atoms with Crippen molar-refractivity contribution in [3.05, 3.63) is 29.6 Å². The number of guanidine groups is 1. The van der Waals surface area contributed by atoms with Crippen LogP contribution in [-0.2, 0) is 11.3 Å². The summed E-state index contributed by atoms with van der Waals surface area (Å²) in [6, 6.07) is 4.91. The molecule has 1 aromatic carbocycles. The molecule has 1 aliphatic rings. The summed E-state index contributed by atoms with van der Waals surface area (Å²) in [5.74, 6) is 0.647. The van der Waals surface area contributed by atoms with Gasteiger partial charge in [-0.2, -0.15) is 0 Å². The van der Waals surface area contributed by atoms with Gasteiger partial charge in [0.15, 0.2) is 17.5 Å². The molecular weight excluding hydrogens is 347 g/mol. The second kappa shape index (κ2) is 9.58. The molecule has 0 atom stereocenters. The first-order valence-corrected chi connectivity index (χ1v) is 9.49. The van der Waals surface area contributed by atoms with Crippen molar-refractivity contribution in [3.8, 4) is 5.75 Å². The van der Waals surface area contributed by atoms with E-state index >= 15 is 0 Å². The molecule has 0 spiro atoms. The summed E-state index contributed by atoms with van der Waals surface area (Å²) in [4.78, 5) is 18.5. The Morgan fingerprint density at radius 2 is 2.00 bits per heavy atom. The average molecular weight is 378 g/mol. The van der Waals surface area contributed by atoms with Crippen LogP contribution in [-0.4, -0.2) is 51.1 Å². The van der Waals surface area contributed by atoms with Gasteiger partial charge in [-0.3, -0.25) is 9.79 Å². The first-order valence-electron chi connectivity index (χ1n) is 9.49. The van der Waals surface area contributed by atoms with E-state index in [1.165, 1.54) is 6.07 Å². The lowest BCUT2D eigenvalue weighted by Crippen LogP contribution is -2.49. The van der Waals surface area contributed by atoms with Gasteiger partial charge in [-0.05, 0) is 37.5 Å². The van der Waals surface area contributed by atoms with Crippen LogP contribution in [0.2, 0.25) is 0 Å². The number of hydrogen-bond acceptors (Lipinski definition) is 3. The second-order valence-electron chi connectivity index (χ2n) is 7.16. The number of amides is 1. The Bertz CT molecular complexity index is 670. The smallest absolute Gasteiger partial charge is 0.230 e. The van der Waals surface area contributed by atoms with Crippen molar-refractivity contribution in [1.29, 1.82) is 0 Å². The van der Waals surface area contributed by atoms with Crippen LogP contribution >= 0.6 is 0 Å². The Morgan fingerprint density at radius 3 is 2.56 bits per heavy atom. The molecule has 0 unspecified atom stereocenters. The van der Waals surface area contributed by atoms with E-state index in [0.29, 0.717) is 25.7 Å². The van der Waals surface area contributed by atoms with Crippen molar-refractivity contribution in [2.75, 3.05) is 34.3 Å². The minimum atomic E-state index is -0.374. The van der Waals surface area contributed by atoms with Crippen molar-refractivity contribution in [2.45, 2.75) is 39.2 Å². The van der Waals surface area contributed by atoms with Crippen LogP contribution in [0.4, 0.5) is 4.39 Å². The van der Waals surface area contributed by atoms with E-state index in [4.69, 9.17) is 4.74 Å². The minimum absolute atomic E-state index is 0.163. The lowest BCUT2D eigenvalue weighted by Gasteiger charge is -2.31. The van der Waals surface area contributed by atoms with Gasteiger partial charge in [0, 0.05) is 34.2 Å². The van der Waals surface area contributed by atoms with Gasteiger partial charge in [-0.15, -0.1) is 0 Å². The van der Waals surface area contributed by atoms with Gasteiger partial charge in [-0.1, -0.05) is 18.9 Å². The average Bonchev–Trinajstić information content (AvgIpc) is 3.13. The van der Waals surface area contributed by atoms with E-state index < -0.39 is 0 Å². The summed E-state index contributed by atoms with van der Waals surface area (Å²) in [5, 5.41) is 6.46. The zero-order valence-corrected chi connectivity index (χ0v) is 16.8. The highest BCUT2D eigenvalue weighted by Gasteiger charge is 2.42. The molecule has 1 saturated carbocycles. The SMILES string of the molecule is CCOc1ccc(CNC(=NC)NCC2(C(=O)N(C)C)CCCC2)cc1F. The van der Waals surface area contributed by atoms with Crippen LogP contribution in [0.1, 0.15) is 38.2 Å². The van der Waals surface area contributed by atoms with Crippen molar-refractivity contribution in [3.63, 3.8) is 0 Å². The molecular formula is C20H31FN4O2. The Labute approximate surface area is 161 Å². The lowest BCUT2D eigenvalue weighted by atomic mass is 9.84. The maximum atomic E-state index is 14.0. The van der Waals surface area contributed by atoms with Gasteiger partial charge in [0.1, 0.15) is 0 Å². The Hall–Kier alpha value is -2.31. The summed E-state index contributed by atoms with van der Waals surface area (Å²) in [6.07, 6.45) is 3.91. The Morgan fingerprint density at radius 1 is 1.30 bits per heavy atom. The summed E-state index contributed by atoms with van der Waals surface area (Å²) in [6.45, 7) is 3.22. The topological polar surface area (TPSA) is 66.0 Å². The third kappa shape index (κ3) is 5.34. The molecule has 2 rings (SSSR count). The van der Waals surface area contributed by atoms with Gasteiger partial charge in [0.2, 0.25) is 5.91 Å². The predicted octanol–water partition coefficient (Wildman–Crippen LogP) is 2.54. The number of nitrogens with zero attached hydrogens (tertiary/aromatic N) is 2. The molecule has 1 aromatic rings. The number of carbonyl (C=O) groups is 1. The van der Waals surface area contributed by atoms with Gasteiger partial charge in [0.05, 0.1) is 12.0 Å². The number of nitrogens with one attached hydrogen (secondary N) is 2. The molecule has 1 fully saturated rings. The fourth-order valence-electron chi connectivity index (χ4n) is 3.58. The molecule has 1 aliphatic carbocycles. The molecule has 7 heteroatoms. The van der Waals surface area contributed by atoms with Crippen LogP contribution in [0, 0.1) is 11.2 Å². The fraction of sp³-hybridized carbons (Fsp3) is 0.600. The molecule has 0 heterocycles. The van der Waals surface area contributed by atoms with Gasteiger partial charge in [-0.25, -0.2) is 4.39 Å². The molecule has 1 amide bonds. The molecule has 0 radical (unpaired) electrons. The predicted molar refractivity (Wildman–Crippen MR) is 105 cm³/mol. The second-order valence-corrected chi connectivity index (χ2v) is 7.16. The van der Waals surface area contributed by atoms with Crippen LogP contribution in [0.3, 0.4) is 0 Å². The van der Waals surface area contributed by atoms with Crippen LogP contribution in [0.5, 0.6) is 5.75 Å². The molecule has 150 valence electrons. The maximum Gasteiger partial charge on any atom is 0.230 e. The molecule has 27 heavy (non-hydrogen) atoms. The number of halogens is 1. The van der Waals surface area contributed by atoms with Gasteiger partial charge >= 0.3 is 0 Å². The monoisotopic (exact) mass is 378 g/mol. The number of carbonyl (C=O) groups excluding carboxylic acids is 1. The highest BCUT2D eigenvalue weighted by Crippen LogP contribution is 2.38. The number of aliphatic imine (C=N–C) groups is 1. The van der Waals surface area contributed by atoms with E-state index in [2.05, 4.69) is 15.6 Å². The highest BCUT2D eigenvalue weighted by atomic mass is 19.1. The Kier molecular flexibility index (Phi) is 7.45. The van der Waals surface area contributed by atoms with Crippen molar-refractivity contribution >= 4 is 11.9 Å². The standard InChI is InChI=1S/C20H31FN4O2/c1-5-27-17-9-8-15(12-16(17)21)13-23-19(22-2)24-14-20(10-6-7-11-20)18(26)25(3)4/h8-9,12H,5-7,10-11,13-14H2,1-4H3,(H2,22,23,24). The number of hydrogen-bond donors (Lipinski definition) is 2. The van der Waals surface area contributed by atoms with E-state index in [1.54, 1.807) is 32.1 Å². The van der Waals surface area contributed by atoms with Crippen molar-refractivity contribution < 1.29 is 13.9 Å². The molecule has 0 aliphatic heterocycles. The zero-order chi connectivity index (χ0) is 19.9. The largest absolute Gasteiger partial charge is 0.491 e. The number of ether oxygens (including phenoxy) is 1. The zero-order valence-electron chi connectivity index (χ0n) is 16.8. The van der Waals surface area contributed by atoms with Gasteiger partial charge < -0.3 is 20.3 Å². The fourth-order valence-corrected chi connectivity index (χ4v) is 3.58. The molecule has 0 bridgehead atoms. The summed E-state index contributed by atoms with van der Waals surface area (Å²) in [7, 11) is 5.29. The van der Waals surface area contributed by atoms with E-state index in [9.17, 15) is 9.18 Å². The van der Waals surface area contributed by atoms with Crippen LogP contribution in [0.25, 0.3) is 0 Å². The number of rotatable bonds is 7. The third-order valence-electron chi connectivity index (χ3n) is 4.99. The first kappa shape index (κ1) is 21.0. The van der Waals surface area contributed by atoms with Crippen LogP contribution in [0.15, 0.2) is 23.2 Å². The molecule has 6 nitrogen and oxygen atoms in total. The molecule has 0 saturated heterocycles.